The largest absolute Gasteiger partial charge is 0.573 e. The van der Waals surface area contributed by atoms with E-state index in [0.29, 0.717) is 22.1 Å². The van der Waals surface area contributed by atoms with Crippen molar-refractivity contribution >= 4 is 46.2 Å². The molecule has 0 atom stereocenters. The average molecular weight is 498 g/mol. The fourth-order valence-corrected chi connectivity index (χ4v) is 3.90. The molecule has 0 radical (unpaired) electrons. The third-order valence-electron chi connectivity index (χ3n) is 4.54. The number of amidine groups is 1. The first-order valence-corrected chi connectivity index (χ1v) is 11.2. The fourth-order valence-electron chi connectivity index (χ4n) is 3.08. The van der Waals surface area contributed by atoms with Crippen molar-refractivity contribution in [1.82, 2.24) is 4.98 Å². The van der Waals surface area contributed by atoms with E-state index in [2.05, 4.69) is 20.0 Å². The summed E-state index contributed by atoms with van der Waals surface area (Å²) in [5.41, 5.74) is 1.80. The third-order valence-corrected chi connectivity index (χ3v) is 5.47. The van der Waals surface area contributed by atoms with Crippen molar-refractivity contribution in [1.29, 1.82) is 0 Å². The van der Waals surface area contributed by atoms with Crippen LogP contribution in [0, 0.1) is 0 Å². The highest BCUT2D eigenvalue weighted by Crippen LogP contribution is 2.29. The number of benzene rings is 2. The van der Waals surface area contributed by atoms with Crippen LogP contribution in [0.4, 0.5) is 24.5 Å². The van der Waals surface area contributed by atoms with E-state index in [4.69, 9.17) is 0 Å². The van der Waals surface area contributed by atoms with Crippen LogP contribution in [0.15, 0.2) is 89.8 Å². The molecule has 0 fully saturated rings. The number of hydrogen-bond donors (Lipinski definition) is 1. The lowest BCUT2D eigenvalue weighted by atomic mass is 10.2. The molecule has 0 saturated carbocycles. The second-order valence-corrected chi connectivity index (χ2v) is 8.04. The zero-order valence-corrected chi connectivity index (χ0v) is 18.7. The molecule has 35 heavy (non-hydrogen) atoms. The van der Waals surface area contributed by atoms with Gasteiger partial charge < -0.3 is 10.1 Å². The Balaban J connectivity index is 1.46. The Labute approximate surface area is 202 Å². The molecule has 11 heteroatoms. The monoisotopic (exact) mass is 498 g/mol. The molecule has 0 unspecified atom stereocenters. The smallest absolute Gasteiger partial charge is 0.406 e. The first kappa shape index (κ1) is 24.0. The van der Waals surface area contributed by atoms with E-state index in [1.165, 1.54) is 17.0 Å². The molecule has 0 aliphatic carbocycles. The number of amides is 2. The molecule has 0 bridgehead atoms. The number of para-hydroxylation sites is 1. The van der Waals surface area contributed by atoms with E-state index in [1.807, 2.05) is 6.07 Å². The number of hydrogen-bond acceptors (Lipinski definition) is 6. The van der Waals surface area contributed by atoms with Gasteiger partial charge in [-0.1, -0.05) is 36.0 Å². The maximum Gasteiger partial charge on any atom is 0.573 e. The first-order valence-electron chi connectivity index (χ1n) is 10.2. The Morgan fingerprint density at radius 3 is 2.46 bits per heavy atom. The number of ether oxygens (including phenoxy) is 1. The summed E-state index contributed by atoms with van der Waals surface area (Å²) in [6.45, 7) is 0. The maximum atomic E-state index is 13.1. The fraction of sp³-hybridized carbons (Fsp3) is 0.0833. The van der Waals surface area contributed by atoms with Crippen molar-refractivity contribution in [3.63, 3.8) is 0 Å². The predicted octanol–water partition coefficient (Wildman–Crippen LogP) is 5.10. The van der Waals surface area contributed by atoms with Crippen LogP contribution in [-0.4, -0.2) is 34.1 Å². The molecule has 1 aliphatic heterocycles. The van der Waals surface area contributed by atoms with Crippen LogP contribution in [0.3, 0.4) is 0 Å². The lowest BCUT2D eigenvalue weighted by Gasteiger charge is -2.17. The van der Waals surface area contributed by atoms with Gasteiger partial charge in [0, 0.05) is 18.1 Å². The number of alkyl halides is 3. The Kier molecular flexibility index (Phi) is 7.16. The highest BCUT2D eigenvalue weighted by atomic mass is 32.2. The number of carbonyl (C=O) groups excluding carboxylic acids is 2. The summed E-state index contributed by atoms with van der Waals surface area (Å²) in [5, 5.41) is 2.91. The number of nitrogens with zero attached hydrogens (tertiary/aromatic N) is 3. The van der Waals surface area contributed by atoms with E-state index in [-0.39, 0.29) is 17.4 Å². The molecule has 2 aromatic carbocycles. The summed E-state index contributed by atoms with van der Waals surface area (Å²) >= 11 is 1.06. The summed E-state index contributed by atoms with van der Waals surface area (Å²) in [5.74, 6) is -1.25. The Morgan fingerprint density at radius 1 is 1.06 bits per heavy atom. The molecule has 1 aromatic heterocycles. The van der Waals surface area contributed by atoms with Gasteiger partial charge in [-0.2, -0.15) is 0 Å². The van der Waals surface area contributed by atoms with Crippen LogP contribution < -0.4 is 15.0 Å². The molecule has 4 rings (SSSR count). The van der Waals surface area contributed by atoms with Gasteiger partial charge in [-0.25, -0.2) is 4.99 Å². The van der Waals surface area contributed by atoms with Gasteiger partial charge in [-0.3, -0.25) is 19.5 Å². The Bertz CT molecular complexity index is 1260. The van der Waals surface area contributed by atoms with Crippen LogP contribution in [-0.2, 0) is 9.59 Å². The number of halogens is 3. The Hall–Kier alpha value is -4.12. The van der Waals surface area contributed by atoms with E-state index in [9.17, 15) is 22.8 Å². The van der Waals surface area contributed by atoms with Gasteiger partial charge in [0.1, 0.15) is 11.4 Å². The van der Waals surface area contributed by atoms with Gasteiger partial charge in [-0.05, 0) is 54.1 Å². The van der Waals surface area contributed by atoms with E-state index < -0.39 is 18.0 Å². The van der Waals surface area contributed by atoms with Crippen molar-refractivity contribution < 1.29 is 27.5 Å². The molecular formula is C24H17F3N4O3S. The predicted molar refractivity (Wildman–Crippen MR) is 128 cm³/mol. The summed E-state index contributed by atoms with van der Waals surface area (Å²) in [6, 6.07) is 17.2. The molecule has 178 valence electrons. The number of pyridine rings is 1. The second kappa shape index (κ2) is 10.4. The van der Waals surface area contributed by atoms with Gasteiger partial charge in [0.2, 0.25) is 5.91 Å². The minimum absolute atomic E-state index is 0.0869. The lowest BCUT2D eigenvalue weighted by molar-refractivity contribution is -0.274. The zero-order valence-electron chi connectivity index (χ0n) is 17.9. The summed E-state index contributed by atoms with van der Waals surface area (Å²) < 4.78 is 40.7. The third kappa shape index (κ3) is 6.48. The van der Waals surface area contributed by atoms with Gasteiger partial charge >= 0.3 is 6.36 Å². The number of nitrogens with one attached hydrogen (secondary N) is 1. The average Bonchev–Trinajstić information content (AvgIpc) is 3.14. The molecule has 7 nitrogen and oxygen atoms in total. The molecule has 1 N–H and O–H groups in total. The molecule has 2 amide bonds. The van der Waals surface area contributed by atoms with E-state index in [0.717, 1.165) is 23.9 Å². The standard InChI is InChI=1S/C24H17F3N4O3S/c25-24(26,27)34-19-10-8-17(9-11-19)29-21(32)15-35-23-30-20(13-16-5-4-12-28-14-16)22(33)31(23)18-6-2-1-3-7-18/h1-14H,15H2,(H,29,32)/b20-13+. The number of aliphatic imine (C=N–C) groups is 1. The van der Waals surface area contributed by atoms with Crippen LogP contribution in [0.2, 0.25) is 0 Å². The number of aromatic nitrogens is 1. The second-order valence-electron chi connectivity index (χ2n) is 7.10. The number of thioether (sulfide) groups is 1. The van der Waals surface area contributed by atoms with Crippen molar-refractivity contribution in [3.05, 3.63) is 90.4 Å². The lowest BCUT2D eigenvalue weighted by Crippen LogP contribution is -2.31. The number of carbonyl (C=O) groups is 2. The first-order chi connectivity index (χ1) is 16.8. The maximum absolute atomic E-state index is 13.1. The van der Waals surface area contributed by atoms with Crippen molar-refractivity contribution in [3.8, 4) is 5.75 Å². The van der Waals surface area contributed by atoms with Crippen molar-refractivity contribution in [2.24, 2.45) is 4.99 Å². The SMILES string of the molecule is O=C(CSC1=N/C(=C/c2cccnc2)C(=O)N1c1ccccc1)Nc1ccc(OC(F)(F)F)cc1. The van der Waals surface area contributed by atoms with Gasteiger partial charge in [0.15, 0.2) is 5.17 Å². The minimum atomic E-state index is -4.80. The van der Waals surface area contributed by atoms with Crippen molar-refractivity contribution in [2.75, 3.05) is 16.0 Å². The number of rotatable bonds is 6. The van der Waals surface area contributed by atoms with E-state index in [1.54, 1.807) is 54.9 Å². The molecule has 1 aliphatic rings. The van der Waals surface area contributed by atoms with Crippen LogP contribution in [0.25, 0.3) is 6.08 Å². The quantitative estimate of drug-likeness (QED) is 0.479. The van der Waals surface area contributed by atoms with Gasteiger partial charge in [-0.15, -0.1) is 13.2 Å². The van der Waals surface area contributed by atoms with Crippen LogP contribution >= 0.6 is 11.8 Å². The zero-order chi connectivity index (χ0) is 24.8. The normalized spacial score (nSPS) is 14.7. The molecule has 2 heterocycles. The molecule has 0 saturated heterocycles. The van der Waals surface area contributed by atoms with Gasteiger partial charge in [0.05, 0.1) is 11.4 Å². The summed E-state index contributed by atoms with van der Waals surface area (Å²) in [6.07, 6.45) is 0.0420. The molecule has 0 spiro atoms. The number of anilines is 2. The van der Waals surface area contributed by atoms with Gasteiger partial charge in [0.25, 0.3) is 5.91 Å². The van der Waals surface area contributed by atoms with Crippen molar-refractivity contribution in [2.45, 2.75) is 6.36 Å². The minimum Gasteiger partial charge on any atom is -0.406 e. The summed E-state index contributed by atoms with van der Waals surface area (Å²) in [4.78, 5) is 35.4. The Morgan fingerprint density at radius 2 is 1.80 bits per heavy atom. The highest BCUT2D eigenvalue weighted by Gasteiger charge is 2.32. The van der Waals surface area contributed by atoms with Crippen LogP contribution in [0.5, 0.6) is 5.75 Å². The highest BCUT2D eigenvalue weighted by molar-refractivity contribution is 8.14. The topological polar surface area (TPSA) is 83.9 Å². The molecular weight excluding hydrogens is 481 g/mol. The van der Waals surface area contributed by atoms with E-state index >= 15 is 0 Å². The summed E-state index contributed by atoms with van der Waals surface area (Å²) in [7, 11) is 0. The van der Waals surface area contributed by atoms with Crippen LogP contribution in [0.1, 0.15) is 5.56 Å². The molecule has 3 aromatic rings.